The van der Waals surface area contributed by atoms with E-state index in [0.29, 0.717) is 37.7 Å². The smallest absolute Gasteiger partial charge is 0.317 e. The average Bonchev–Trinajstić information content (AvgIpc) is 2.82. The van der Waals surface area contributed by atoms with Crippen LogP contribution in [0.1, 0.15) is 0 Å². The molecule has 0 atom stereocenters. The number of carbonyl (C=O) groups is 1. The van der Waals surface area contributed by atoms with Crippen molar-refractivity contribution in [3.63, 3.8) is 0 Å². The van der Waals surface area contributed by atoms with Gasteiger partial charge in [0.05, 0.1) is 25.7 Å². The van der Waals surface area contributed by atoms with Gasteiger partial charge in [-0.3, -0.25) is 0 Å². The third-order valence-electron chi connectivity index (χ3n) is 4.91. The quantitative estimate of drug-likeness (QED) is 0.618. The van der Waals surface area contributed by atoms with Crippen LogP contribution in [0.4, 0.5) is 4.79 Å². The normalized spacial score (nSPS) is 14.7. The number of hydrogen-bond donors (Lipinski definition) is 1. The molecule has 0 bridgehead atoms. The lowest BCUT2D eigenvalue weighted by molar-refractivity contribution is 0.170. The molecule has 0 unspecified atom stereocenters. The molecule has 1 N–H and O–H groups in total. The molecule has 0 radical (unpaired) electrons. The van der Waals surface area contributed by atoms with Gasteiger partial charge in [-0.05, 0) is 24.3 Å². The fraction of sp³-hybridized carbons (Fsp3) is 0.381. The number of nitrogens with one attached hydrogen (secondary N) is 1. The Balaban J connectivity index is 1.49. The van der Waals surface area contributed by atoms with Crippen LogP contribution in [-0.2, 0) is 10.0 Å². The molecule has 2 aromatic carbocycles. The summed E-state index contributed by atoms with van der Waals surface area (Å²) in [6.45, 7) is 1.74. The summed E-state index contributed by atoms with van der Waals surface area (Å²) in [6, 6.07) is 13.6. The van der Waals surface area contributed by atoms with Crippen LogP contribution in [0.3, 0.4) is 0 Å². The Morgan fingerprint density at radius 3 is 2.29 bits per heavy atom. The van der Waals surface area contributed by atoms with Gasteiger partial charge in [0.25, 0.3) is 0 Å². The van der Waals surface area contributed by atoms with Crippen molar-refractivity contribution in [2.24, 2.45) is 0 Å². The van der Waals surface area contributed by atoms with Crippen molar-refractivity contribution < 1.29 is 27.4 Å². The first-order chi connectivity index (χ1) is 15.0. The van der Waals surface area contributed by atoms with Gasteiger partial charge in [-0.2, -0.15) is 4.31 Å². The van der Waals surface area contributed by atoms with Crippen molar-refractivity contribution >= 4 is 16.1 Å². The zero-order chi connectivity index (χ0) is 22.3. The van der Waals surface area contributed by atoms with E-state index in [9.17, 15) is 13.2 Å². The number of sulfonamides is 1. The van der Waals surface area contributed by atoms with Crippen LogP contribution < -0.4 is 19.5 Å². The first-order valence-corrected chi connectivity index (χ1v) is 11.3. The molecular weight excluding hydrogens is 422 g/mol. The van der Waals surface area contributed by atoms with Gasteiger partial charge in [0, 0.05) is 32.2 Å². The van der Waals surface area contributed by atoms with E-state index >= 15 is 0 Å². The maximum Gasteiger partial charge on any atom is 0.317 e. The molecule has 0 saturated carbocycles. The Kier molecular flexibility index (Phi) is 7.59. The molecule has 0 aliphatic carbocycles. The molecule has 10 heteroatoms. The van der Waals surface area contributed by atoms with E-state index < -0.39 is 10.0 Å². The van der Waals surface area contributed by atoms with Crippen molar-refractivity contribution in [1.29, 1.82) is 0 Å². The fourth-order valence-electron chi connectivity index (χ4n) is 3.21. The summed E-state index contributed by atoms with van der Waals surface area (Å²) in [4.78, 5) is 14.1. The molecule has 1 aliphatic heterocycles. The molecule has 1 saturated heterocycles. The van der Waals surface area contributed by atoms with Crippen LogP contribution in [-0.4, -0.2) is 77.2 Å². The summed E-state index contributed by atoms with van der Waals surface area (Å²) in [7, 11) is -0.756. The average molecular weight is 450 g/mol. The highest BCUT2D eigenvalue weighted by Gasteiger charge is 2.30. The largest absolute Gasteiger partial charge is 0.493 e. The number of carbonyl (C=O) groups excluding carboxylic acids is 1. The number of hydrogen-bond acceptors (Lipinski definition) is 6. The van der Waals surface area contributed by atoms with Gasteiger partial charge >= 0.3 is 6.03 Å². The lowest BCUT2D eigenvalue weighted by Gasteiger charge is -2.34. The maximum absolute atomic E-state index is 13.0. The van der Waals surface area contributed by atoms with E-state index in [1.165, 1.54) is 30.7 Å². The molecular formula is C21H27N3O6S. The Labute approximate surface area is 182 Å². The van der Waals surface area contributed by atoms with Crippen LogP contribution >= 0.6 is 0 Å². The Hall–Kier alpha value is -2.98. The molecule has 1 heterocycles. The van der Waals surface area contributed by atoms with Gasteiger partial charge in [0.1, 0.15) is 12.4 Å². The number of nitrogens with zero attached hydrogens (tertiary/aromatic N) is 2. The minimum Gasteiger partial charge on any atom is -0.493 e. The van der Waals surface area contributed by atoms with E-state index in [-0.39, 0.29) is 24.0 Å². The predicted octanol–water partition coefficient (Wildman–Crippen LogP) is 1.80. The zero-order valence-corrected chi connectivity index (χ0v) is 18.4. The van der Waals surface area contributed by atoms with Crippen LogP contribution in [0, 0.1) is 0 Å². The fourth-order valence-corrected chi connectivity index (χ4v) is 4.65. The van der Waals surface area contributed by atoms with Crippen molar-refractivity contribution in [2.75, 3.05) is 53.6 Å². The molecule has 0 spiro atoms. The van der Waals surface area contributed by atoms with Crippen LogP contribution in [0.2, 0.25) is 0 Å². The third-order valence-corrected chi connectivity index (χ3v) is 6.80. The molecule has 1 aliphatic rings. The first-order valence-electron chi connectivity index (χ1n) is 9.88. The monoisotopic (exact) mass is 449 g/mol. The highest BCUT2D eigenvalue weighted by molar-refractivity contribution is 7.89. The van der Waals surface area contributed by atoms with Gasteiger partial charge in [-0.15, -0.1) is 0 Å². The lowest BCUT2D eigenvalue weighted by Crippen LogP contribution is -2.53. The van der Waals surface area contributed by atoms with E-state index in [1.807, 2.05) is 30.3 Å². The van der Waals surface area contributed by atoms with Crippen molar-refractivity contribution in [3.8, 4) is 17.2 Å². The number of ether oxygens (including phenoxy) is 3. The van der Waals surface area contributed by atoms with Gasteiger partial charge in [-0.1, -0.05) is 18.2 Å². The summed E-state index contributed by atoms with van der Waals surface area (Å²) in [5.41, 5.74) is 0. The van der Waals surface area contributed by atoms with E-state index in [1.54, 1.807) is 11.0 Å². The van der Waals surface area contributed by atoms with Crippen LogP contribution in [0.15, 0.2) is 53.4 Å². The van der Waals surface area contributed by atoms with E-state index in [2.05, 4.69) is 5.32 Å². The number of para-hydroxylation sites is 1. The molecule has 0 aromatic heterocycles. The second-order valence-corrected chi connectivity index (χ2v) is 8.74. The summed E-state index contributed by atoms with van der Waals surface area (Å²) in [6.07, 6.45) is 0. The van der Waals surface area contributed by atoms with Gasteiger partial charge in [-0.25, -0.2) is 13.2 Å². The van der Waals surface area contributed by atoms with Crippen molar-refractivity contribution in [3.05, 3.63) is 48.5 Å². The number of benzene rings is 2. The maximum atomic E-state index is 13.0. The highest BCUT2D eigenvalue weighted by Crippen LogP contribution is 2.30. The number of methoxy groups -OCH3 is 2. The van der Waals surface area contributed by atoms with Gasteiger partial charge in [0.2, 0.25) is 10.0 Å². The number of piperazine rings is 1. The van der Waals surface area contributed by atoms with Crippen molar-refractivity contribution in [2.45, 2.75) is 4.90 Å². The number of urea groups is 1. The topological polar surface area (TPSA) is 97.4 Å². The minimum absolute atomic E-state index is 0.126. The van der Waals surface area contributed by atoms with Crippen LogP contribution in [0.25, 0.3) is 0 Å². The highest BCUT2D eigenvalue weighted by atomic mass is 32.2. The Bertz CT molecular complexity index is 976. The Morgan fingerprint density at radius 2 is 1.65 bits per heavy atom. The van der Waals surface area contributed by atoms with Crippen molar-refractivity contribution in [1.82, 2.24) is 14.5 Å². The SMILES string of the molecule is COc1ccc(S(=O)(=O)N2CCN(C(=O)NCCOc3ccccc3)CC2)cc1OC. The van der Waals surface area contributed by atoms with E-state index in [0.717, 1.165) is 5.75 Å². The second kappa shape index (κ2) is 10.4. The first kappa shape index (κ1) is 22.7. The molecule has 31 heavy (non-hydrogen) atoms. The van der Waals surface area contributed by atoms with Gasteiger partial charge in [0.15, 0.2) is 11.5 Å². The third kappa shape index (κ3) is 5.59. The predicted molar refractivity (Wildman–Crippen MR) is 115 cm³/mol. The summed E-state index contributed by atoms with van der Waals surface area (Å²) in [5.74, 6) is 1.55. The molecule has 168 valence electrons. The van der Waals surface area contributed by atoms with Crippen LogP contribution in [0.5, 0.6) is 17.2 Å². The molecule has 2 aromatic rings. The zero-order valence-electron chi connectivity index (χ0n) is 17.6. The van der Waals surface area contributed by atoms with E-state index in [4.69, 9.17) is 14.2 Å². The summed E-state index contributed by atoms with van der Waals surface area (Å²) in [5, 5.41) is 2.80. The summed E-state index contributed by atoms with van der Waals surface area (Å²) < 4.78 is 43.2. The molecule has 2 amide bonds. The second-order valence-electron chi connectivity index (χ2n) is 6.80. The number of amides is 2. The summed E-state index contributed by atoms with van der Waals surface area (Å²) >= 11 is 0. The minimum atomic E-state index is -3.70. The standard InChI is InChI=1S/C21H27N3O6S/c1-28-19-9-8-18(16-20(19)29-2)31(26,27)24-13-11-23(12-14-24)21(25)22-10-15-30-17-6-4-3-5-7-17/h3-9,16H,10-15H2,1-2H3,(H,22,25). The Morgan fingerprint density at radius 1 is 0.968 bits per heavy atom. The molecule has 3 rings (SSSR count). The molecule has 1 fully saturated rings. The number of rotatable bonds is 8. The lowest BCUT2D eigenvalue weighted by atomic mass is 10.3. The molecule has 9 nitrogen and oxygen atoms in total. The van der Waals surface area contributed by atoms with Gasteiger partial charge < -0.3 is 24.4 Å².